The third-order valence-electron chi connectivity index (χ3n) is 4.24. The summed E-state index contributed by atoms with van der Waals surface area (Å²) in [6.07, 6.45) is 2.34. The van der Waals surface area contributed by atoms with E-state index in [1.807, 2.05) is 13.0 Å². The summed E-state index contributed by atoms with van der Waals surface area (Å²) in [5, 5.41) is 12.4. The molecule has 3 rings (SSSR count). The van der Waals surface area contributed by atoms with Crippen molar-refractivity contribution in [2.45, 2.75) is 44.8 Å². The van der Waals surface area contributed by atoms with Crippen LogP contribution in [0.1, 0.15) is 31.7 Å². The standard InChI is InChI=1S/C16H20N2O3/c1-10-7-14(20)17-15(12-5-6-12)16(21)18(10)9-11-3-2-4-13(19)8-11/h2-4,8,10,12,15,19H,5-7,9H2,1H3,(H,17,20). The summed E-state index contributed by atoms with van der Waals surface area (Å²) < 4.78 is 0. The monoisotopic (exact) mass is 288 g/mol. The first-order valence-corrected chi connectivity index (χ1v) is 7.42. The van der Waals surface area contributed by atoms with Crippen LogP contribution in [0.3, 0.4) is 0 Å². The number of hydrogen-bond acceptors (Lipinski definition) is 3. The van der Waals surface area contributed by atoms with Gasteiger partial charge in [0.15, 0.2) is 0 Å². The Labute approximate surface area is 123 Å². The van der Waals surface area contributed by atoms with Gasteiger partial charge in [0.1, 0.15) is 11.8 Å². The molecule has 0 bridgehead atoms. The Morgan fingerprint density at radius 3 is 2.76 bits per heavy atom. The van der Waals surface area contributed by atoms with Gasteiger partial charge in [0.2, 0.25) is 11.8 Å². The highest BCUT2D eigenvalue weighted by Crippen LogP contribution is 2.35. The fraction of sp³-hybridized carbons (Fsp3) is 0.500. The molecule has 2 fully saturated rings. The van der Waals surface area contributed by atoms with Crippen LogP contribution >= 0.6 is 0 Å². The highest BCUT2D eigenvalue weighted by Gasteiger charge is 2.42. The quantitative estimate of drug-likeness (QED) is 0.883. The first-order chi connectivity index (χ1) is 10.0. The number of hydrogen-bond donors (Lipinski definition) is 2. The maximum atomic E-state index is 12.7. The molecule has 1 saturated heterocycles. The molecule has 1 heterocycles. The highest BCUT2D eigenvalue weighted by molar-refractivity contribution is 5.91. The minimum atomic E-state index is -0.375. The van der Waals surface area contributed by atoms with Crippen LogP contribution in [0, 0.1) is 5.92 Å². The van der Waals surface area contributed by atoms with E-state index in [1.54, 1.807) is 23.1 Å². The van der Waals surface area contributed by atoms with Crippen LogP contribution in [0.15, 0.2) is 24.3 Å². The second-order valence-electron chi connectivity index (χ2n) is 6.07. The van der Waals surface area contributed by atoms with E-state index in [4.69, 9.17) is 0 Å². The van der Waals surface area contributed by atoms with Crippen LogP contribution in [0.25, 0.3) is 0 Å². The first-order valence-electron chi connectivity index (χ1n) is 7.42. The van der Waals surface area contributed by atoms with E-state index in [1.165, 1.54) is 0 Å². The van der Waals surface area contributed by atoms with Crippen LogP contribution in [-0.4, -0.2) is 33.9 Å². The molecule has 112 valence electrons. The molecular formula is C16H20N2O3. The zero-order chi connectivity index (χ0) is 15.0. The average molecular weight is 288 g/mol. The van der Waals surface area contributed by atoms with Gasteiger partial charge in [-0.15, -0.1) is 0 Å². The minimum absolute atomic E-state index is 0.000747. The molecule has 1 aliphatic carbocycles. The number of nitrogens with one attached hydrogen (secondary N) is 1. The van der Waals surface area contributed by atoms with Crippen LogP contribution in [0.2, 0.25) is 0 Å². The third kappa shape index (κ3) is 3.01. The number of amides is 2. The molecule has 5 nitrogen and oxygen atoms in total. The number of nitrogens with zero attached hydrogens (tertiary/aromatic N) is 1. The van der Waals surface area contributed by atoms with Crippen molar-refractivity contribution in [3.8, 4) is 5.75 Å². The number of aromatic hydroxyl groups is 1. The van der Waals surface area contributed by atoms with Crippen molar-refractivity contribution < 1.29 is 14.7 Å². The van der Waals surface area contributed by atoms with E-state index >= 15 is 0 Å². The van der Waals surface area contributed by atoms with Crippen LogP contribution in [0.5, 0.6) is 5.75 Å². The molecule has 0 spiro atoms. The van der Waals surface area contributed by atoms with Gasteiger partial charge in [-0.2, -0.15) is 0 Å². The number of benzene rings is 1. The number of carbonyl (C=O) groups excluding carboxylic acids is 2. The summed E-state index contributed by atoms with van der Waals surface area (Å²) in [4.78, 5) is 26.4. The van der Waals surface area contributed by atoms with Crippen molar-refractivity contribution >= 4 is 11.8 Å². The average Bonchev–Trinajstić information content (AvgIpc) is 3.25. The van der Waals surface area contributed by atoms with Crippen molar-refractivity contribution in [1.29, 1.82) is 0 Å². The maximum Gasteiger partial charge on any atom is 0.245 e. The van der Waals surface area contributed by atoms with Crippen molar-refractivity contribution in [3.05, 3.63) is 29.8 Å². The van der Waals surface area contributed by atoms with E-state index in [9.17, 15) is 14.7 Å². The van der Waals surface area contributed by atoms with Crippen LogP contribution < -0.4 is 5.32 Å². The van der Waals surface area contributed by atoms with Gasteiger partial charge in [-0.3, -0.25) is 9.59 Å². The van der Waals surface area contributed by atoms with Gasteiger partial charge in [0, 0.05) is 19.0 Å². The zero-order valence-corrected chi connectivity index (χ0v) is 12.1. The Morgan fingerprint density at radius 1 is 1.33 bits per heavy atom. The Balaban J connectivity index is 1.83. The molecule has 1 saturated carbocycles. The Kier molecular flexibility index (Phi) is 3.57. The van der Waals surface area contributed by atoms with Crippen molar-refractivity contribution in [2.75, 3.05) is 0 Å². The fourth-order valence-electron chi connectivity index (χ4n) is 2.90. The number of phenolic OH excluding ortho intramolecular Hbond substituents is 1. The van der Waals surface area contributed by atoms with Crippen LogP contribution in [-0.2, 0) is 16.1 Å². The van der Waals surface area contributed by atoms with Gasteiger partial charge < -0.3 is 15.3 Å². The largest absolute Gasteiger partial charge is 0.508 e. The summed E-state index contributed by atoms with van der Waals surface area (Å²) in [5.74, 6) is 0.430. The lowest BCUT2D eigenvalue weighted by atomic mass is 10.1. The lowest BCUT2D eigenvalue weighted by molar-refractivity contribution is -0.136. The lowest BCUT2D eigenvalue weighted by Crippen LogP contribution is -2.47. The van der Waals surface area contributed by atoms with Gasteiger partial charge in [-0.25, -0.2) is 0 Å². The van der Waals surface area contributed by atoms with Gasteiger partial charge in [0.25, 0.3) is 0 Å². The Morgan fingerprint density at radius 2 is 2.10 bits per heavy atom. The van der Waals surface area contributed by atoms with Gasteiger partial charge in [-0.1, -0.05) is 12.1 Å². The molecule has 0 radical (unpaired) electrons. The summed E-state index contributed by atoms with van der Waals surface area (Å²) in [6, 6.07) is 6.40. The van der Waals surface area contributed by atoms with E-state index in [2.05, 4.69) is 5.32 Å². The van der Waals surface area contributed by atoms with E-state index in [-0.39, 0.29) is 29.6 Å². The van der Waals surface area contributed by atoms with Gasteiger partial charge >= 0.3 is 0 Å². The zero-order valence-electron chi connectivity index (χ0n) is 12.1. The highest BCUT2D eigenvalue weighted by atomic mass is 16.3. The molecule has 2 amide bonds. The van der Waals surface area contributed by atoms with Crippen molar-refractivity contribution in [1.82, 2.24) is 10.2 Å². The fourth-order valence-corrected chi connectivity index (χ4v) is 2.90. The molecule has 0 aromatic heterocycles. The van der Waals surface area contributed by atoms with Crippen LogP contribution in [0.4, 0.5) is 0 Å². The Bertz CT molecular complexity index is 568. The summed E-state index contributed by atoms with van der Waals surface area (Å²) in [5.41, 5.74) is 0.874. The Hall–Kier alpha value is -2.04. The second-order valence-corrected chi connectivity index (χ2v) is 6.07. The second kappa shape index (κ2) is 5.39. The predicted octanol–water partition coefficient (Wildman–Crippen LogP) is 1.41. The SMILES string of the molecule is CC1CC(=O)NC(C2CC2)C(=O)N1Cc1cccc(O)c1. The van der Waals surface area contributed by atoms with Crippen molar-refractivity contribution in [2.24, 2.45) is 5.92 Å². The predicted molar refractivity (Wildman–Crippen MR) is 77.4 cm³/mol. The van der Waals surface area contributed by atoms with E-state index in [0.29, 0.717) is 18.9 Å². The summed E-state index contributed by atoms with van der Waals surface area (Å²) in [7, 11) is 0. The lowest BCUT2D eigenvalue weighted by Gasteiger charge is -2.29. The number of carbonyl (C=O) groups is 2. The van der Waals surface area contributed by atoms with Gasteiger partial charge in [-0.05, 0) is 43.4 Å². The molecule has 1 aromatic rings. The smallest absolute Gasteiger partial charge is 0.245 e. The van der Waals surface area contributed by atoms with Crippen molar-refractivity contribution in [3.63, 3.8) is 0 Å². The molecule has 2 N–H and O–H groups in total. The first kappa shape index (κ1) is 13.9. The molecular weight excluding hydrogens is 268 g/mol. The molecule has 1 aliphatic heterocycles. The molecule has 21 heavy (non-hydrogen) atoms. The molecule has 5 heteroatoms. The molecule has 2 unspecified atom stereocenters. The molecule has 2 atom stereocenters. The van der Waals surface area contributed by atoms with Gasteiger partial charge in [0.05, 0.1) is 0 Å². The number of phenols is 1. The molecule has 2 aliphatic rings. The summed E-state index contributed by atoms with van der Waals surface area (Å²) in [6.45, 7) is 2.32. The van der Waals surface area contributed by atoms with E-state index < -0.39 is 0 Å². The molecule has 1 aromatic carbocycles. The topological polar surface area (TPSA) is 69.6 Å². The summed E-state index contributed by atoms with van der Waals surface area (Å²) >= 11 is 0. The normalized spacial score (nSPS) is 26.4. The maximum absolute atomic E-state index is 12.7. The number of rotatable bonds is 3. The minimum Gasteiger partial charge on any atom is -0.508 e. The van der Waals surface area contributed by atoms with E-state index in [0.717, 1.165) is 18.4 Å². The third-order valence-corrected chi connectivity index (χ3v) is 4.24.